The molecule has 0 aliphatic carbocycles. The third kappa shape index (κ3) is 18.5. The van der Waals surface area contributed by atoms with Crippen LogP contribution in [0.3, 0.4) is 0 Å². The van der Waals surface area contributed by atoms with Gasteiger partial charge in [-0.1, -0.05) is 46.0 Å². The van der Waals surface area contributed by atoms with E-state index in [2.05, 4.69) is 37.9 Å². The molecule has 0 spiro atoms. The maximum atomic E-state index is 12.1. The normalized spacial score (nSPS) is 12.2. The van der Waals surface area contributed by atoms with Crippen LogP contribution in [-0.4, -0.2) is 56.4 Å². The first-order chi connectivity index (χ1) is 13.9. The highest BCUT2D eigenvalue weighted by Gasteiger charge is 2.15. The third-order valence-corrected chi connectivity index (χ3v) is 4.84. The number of ether oxygens (including phenoxy) is 2. The number of alkyl carbamates (subject to hydrolysis) is 1. The van der Waals surface area contributed by atoms with Crippen LogP contribution in [0.4, 0.5) is 4.79 Å². The van der Waals surface area contributed by atoms with E-state index in [-0.39, 0.29) is 30.7 Å². The summed E-state index contributed by atoms with van der Waals surface area (Å²) in [7, 11) is 2.01. The Balaban J connectivity index is 4.26. The fourth-order valence-corrected chi connectivity index (χ4v) is 2.87. The fourth-order valence-electron chi connectivity index (χ4n) is 2.87. The van der Waals surface area contributed by atoms with E-state index < -0.39 is 0 Å². The summed E-state index contributed by atoms with van der Waals surface area (Å²) in [5.74, 6) is -0.397. The van der Waals surface area contributed by atoms with E-state index in [0.717, 1.165) is 32.4 Å². The lowest BCUT2D eigenvalue weighted by molar-refractivity contribution is -0.144. The van der Waals surface area contributed by atoms with E-state index in [1.165, 1.54) is 25.7 Å². The molecule has 2 radical (unpaired) electrons. The van der Waals surface area contributed by atoms with Crippen molar-refractivity contribution in [3.8, 4) is 0 Å². The zero-order valence-electron chi connectivity index (χ0n) is 19.0. The first-order valence-corrected chi connectivity index (χ1v) is 11.3. The zero-order chi connectivity index (χ0) is 21.9. The number of hydrogen-bond donors (Lipinski definition) is 1. The first-order valence-electron chi connectivity index (χ1n) is 11.3. The summed E-state index contributed by atoms with van der Waals surface area (Å²) in [6.45, 7) is 14.2. The smallest absolute Gasteiger partial charge is 0.407 e. The molecule has 0 fully saturated rings. The molecule has 6 nitrogen and oxygen atoms in total. The van der Waals surface area contributed by atoms with Gasteiger partial charge in [0.1, 0.15) is 6.10 Å². The van der Waals surface area contributed by atoms with Crippen molar-refractivity contribution in [3.05, 3.63) is 13.8 Å². The van der Waals surface area contributed by atoms with Crippen molar-refractivity contribution in [2.24, 2.45) is 5.92 Å². The van der Waals surface area contributed by atoms with Crippen molar-refractivity contribution in [2.75, 3.05) is 33.3 Å². The molecule has 1 amide bonds. The van der Waals surface area contributed by atoms with Crippen LogP contribution >= 0.6 is 0 Å². The van der Waals surface area contributed by atoms with Gasteiger partial charge in [0.05, 0.1) is 6.61 Å². The van der Waals surface area contributed by atoms with E-state index in [9.17, 15) is 9.59 Å². The molecule has 1 atom stereocenters. The van der Waals surface area contributed by atoms with Crippen molar-refractivity contribution < 1.29 is 19.1 Å². The highest BCUT2D eigenvalue weighted by atomic mass is 16.6. The Labute approximate surface area is 179 Å². The van der Waals surface area contributed by atoms with Gasteiger partial charge in [0.25, 0.3) is 0 Å². The molecular formula is C23H44N2O4. The van der Waals surface area contributed by atoms with Gasteiger partial charge >= 0.3 is 12.1 Å². The van der Waals surface area contributed by atoms with Crippen molar-refractivity contribution in [3.63, 3.8) is 0 Å². The molecule has 1 unspecified atom stereocenters. The second-order valence-electron chi connectivity index (χ2n) is 7.85. The fraction of sp³-hybridized carbons (Fsp3) is 0.826. The van der Waals surface area contributed by atoms with E-state index in [4.69, 9.17) is 9.47 Å². The molecule has 0 aromatic carbocycles. The summed E-state index contributed by atoms with van der Waals surface area (Å²) in [6.07, 6.45) is 9.13. The summed E-state index contributed by atoms with van der Waals surface area (Å²) in [5, 5.41) is 2.82. The van der Waals surface area contributed by atoms with Crippen LogP contribution in [0.25, 0.3) is 0 Å². The Bertz CT molecular complexity index is 416. The monoisotopic (exact) mass is 412 g/mol. The molecule has 0 aromatic rings. The number of nitrogens with zero attached hydrogens (tertiary/aromatic N) is 1. The van der Waals surface area contributed by atoms with Crippen LogP contribution in [0, 0.1) is 19.8 Å². The number of carbonyl (C=O) groups excluding carboxylic acids is 2. The van der Waals surface area contributed by atoms with Crippen LogP contribution < -0.4 is 5.32 Å². The van der Waals surface area contributed by atoms with Gasteiger partial charge in [0, 0.05) is 19.5 Å². The van der Waals surface area contributed by atoms with Crippen LogP contribution in [0.2, 0.25) is 0 Å². The van der Waals surface area contributed by atoms with Gasteiger partial charge in [0.2, 0.25) is 0 Å². The molecule has 1 N–H and O–H groups in total. The molecule has 0 saturated heterocycles. The number of nitrogens with one attached hydrogen (secondary N) is 1. The zero-order valence-corrected chi connectivity index (χ0v) is 19.0. The minimum absolute atomic E-state index is 0.154. The molecule has 0 aromatic heterocycles. The van der Waals surface area contributed by atoms with E-state index in [1.807, 2.05) is 7.05 Å². The molecule has 0 heterocycles. The standard InChI is InChI=1S/C23H44N2O4/c1-6-8-9-10-11-12-14-21(15-13-16-22(26)28-19-20(3)4)29-23(27)24-17-18-25(5)7-2/h20-21H,3-4,6-19H2,1-2,5H3,(H,24,27). The Morgan fingerprint density at radius 1 is 1.00 bits per heavy atom. The summed E-state index contributed by atoms with van der Waals surface area (Å²) >= 11 is 0. The van der Waals surface area contributed by atoms with E-state index in [0.29, 0.717) is 25.8 Å². The lowest BCUT2D eigenvalue weighted by Gasteiger charge is -2.19. The number of hydrogen-bond acceptors (Lipinski definition) is 5. The summed E-state index contributed by atoms with van der Waals surface area (Å²) in [4.78, 5) is 26.0. The number of carbonyl (C=O) groups is 2. The second kappa shape index (κ2) is 18.7. The minimum Gasteiger partial charge on any atom is -0.465 e. The van der Waals surface area contributed by atoms with Gasteiger partial charge in [-0.15, -0.1) is 0 Å². The average molecular weight is 413 g/mol. The lowest BCUT2D eigenvalue weighted by Crippen LogP contribution is -2.35. The Kier molecular flexibility index (Phi) is 17.9. The van der Waals surface area contributed by atoms with Gasteiger partial charge < -0.3 is 19.7 Å². The topological polar surface area (TPSA) is 67.9 Å². The van der Waals surface area contributed by atoms with Gasteiger partial charge in [0.15, 0.2) is 0 Å². The Morgan fingerprint density at radius 3 is 2.31 bits per heavy atom. The van der Waals surface area contributed by atoms with Gasteiger partial charge in [-0.3, -0.25) is 4.79 Å². The molecule has 0 rings (SSSR count). The maximum absolute atomic E-state index is 12.1. The highest BCUT2D eigenvalue weighted by molar-refractivity contribution is 5.69. The highest BCUT2D eigenvalue weighted by Crippen LogP contribution is 2.15. The van der Waals surface area contributed by atoms with E-state index >= 15 is 0 Å². The van der Waals surface area contributed by atoms with Crippen LogP contribution in [0.15, 0.2) is 0 Å². The molecular weight excluding hydrogens is 368 g/mol. The largest absolute Gasteiger partial charge is 0.465 e. The predicted octanol–water partition coefficient (Wildman–Crippen LogP) is 4.78. The van der Waals surface area contributed by atoms with Crippen molar-refractivity contribution in [2.45, 2.75) is 84.2 Å². The van der Waals surface area contributed by atoms with Crippen LogP contribution in [-0.2, 0) is 14.3 Å². The molecule has 0 saturated carbocycles. The second-order valence-corrected chi connectivity index (χ2v) is 7.85. The van der Waals surface area contributed by atoms with Gasteiger partial charge in [-0.2, -0.15) is 0 Å². The first kappa shape index (κ1) is 27.7. The minimum atomic E-state index is -0.370. The van der Waals surface area contributed by atoms with Crippen LogP contribution in [0.5, 0.6) is 0 Å². The molecule has 6 heteroatoms. The molecule has 170 valence electrons. The molecule has 29 heavy (non-hydrogen) atoms. The van der Waals surface area contributed by atoms with Crippen molar-refractivity contribution in [1.82, 2.24) is 10.2 Å². The number of amides is 1. The Morgan fingerprint density at radius 2 is 1.66 bits per heavy atom. The lowest BCUT2D eigenvalue weighted by atomic mass is 10.0. The quantitative estimate of drug-likeness (QED) is 0.259. The van der Waals surface area contributed by atoms with Crippen molar-refractivity contribution in [1.29, 1.82) is 0 Å². The molecule has 0 aliphatic rings. The summed E-state index contributed by atoms with van der Waals surface area (Å²) in [5.41, 5.74) is 0. The third-order valence-electron chi connectivity index (χ3n) is 4.84. The Hall–Kier alpha value is -1.30. The van der Waals surface area contributed by atoms with E-state index in [1.54, 1.807) is 0 Å². The van der Waals surface area contributed by atoms with Crippen LogP contribution in [0.1, 0.15) is 78.1 Å². The number of rotatable bonds is 18. The van der Waals surface area contributed by atoms with Gasteiger partial charge in [-0.05, 0) is 59.0 Å². The summed E-state index contributed by atoms with van der Waals surface area (Å²) < 4.78 is 10.7. The number of esters is 1. The maximum Gasteiger partial charge on any atom is 0.407 e. The van der Waals surface area contributed by atoms with Crippen molar-refractivity contribution >= 4 is 12.1 Å². The molecule has 0 aliphatic heterocycles. The molecule has 0 bridgehead atoms. The predicted molar refractivity (Wildman–Crippen MR) is 118 cm³/mol. The summed E-state index contributed by atoms with van der Waals surface area (Å²) in [6, 6.07) is 0. The average Bonchev–Trinajstić information content (AvgIpc) is 2.68. The SMILES string of the molecule is [CH2]C([CH2])COC(=O)CCCC(CCCCCCCC)OC(=O)NCCN(C)CC. The number of likely N-dealkylation sites (N-methyl/N-ethyl adjacent to an activating group) is 1. The van der Waals surface area contributed by atoms with Gasteiger partial charge in [-0.25, -0.2) is 4.79 Å². The number of unbranched alkanes of at least 4 members (excludes halogenated alkanes) is 5.